The van der Waals surface area contributed by atoms with Crippen molar-refractivity contribution in [1.82, 2.24) is 4.90 Å². The van der Waals surface area contributed by atoms with Gasteiger partial charge in [0.25, 0.3) is 0 Å². The largest absolute Gasteiger partial charge is 0.380 e. The fraction of sp³-hybridized carbons (Fsp3) is 0.478. The number of nitrogens with zero attached hydrogens (tertiary/aromatic N) is 1. The average molecular weight is 369 g/mol. The molecule has 2 aromatic rings. The van der Waals surface area contributed by atoms with E-state index in [-0.39, 0.29) is 11.7 Å². The summed E-state index contributed by atoms with van der Waals surface area (Å²) >= 11 is 0. The highest BCUT2D eigenvalue weighted by Gasteiger charge is 2.46. The number of hydrogen-bond acceptors (Lipinski definition) is 3. The zero-order chi connectivity index (χ0) is 19.2. The molecule has 3 atom stereocenters. The van der Waals surface area contributed by atoms with Crippen LogP contribution in [-0.4, -0.2) is 34.4 Å². The lowest BCUT2D eigenvalue weighted by atomic mass is 9.79. The molecule has 144 valence electrons. The van der Waals surface area contributed by atoms with E-state index in [0.717, 1.165) is 37.1 Å². The summed E-state index contributed by atoms with van der Waals surface area (Å²) in [7, 11) is 0. The highest BCUT2D eigenvalue weighted by molar-refractivity contribution is 5.49. The smallest absolute Gasteiger partial charge is 0.123 e. The topological polar surface area (TPSA) is 43.7 Å². The Morgan fingerprint density at radius 2 is 1.78 bits per heavy atom. The second-order valence-corrected chi connectivity index (χ2v) is 8.27. The van der Waals surface area contributed by atoms with Gasteiger partial charge in [-0.3, -0.25) is 4.90 Å². The van der Waals surface area contributed by atoms with Crippen LogP contribution in [0, 0.1) is 18.7 Å². The molecule has 2 aromatic carbocycles. The van der Waals surface area contributed by atoms with E-state index in [2.05, 4.69) is 17.9 Å². The van der Waals surface area contributed by atoms with Gasteiger partial charge in [-0.05, 0) is 73.8 Å². The van der Waals surface area contributed by atoms with E-state index in [4.69, 9.17) is 0 Å². The van der Waals surface area contributed by atoms with Crippen LogP contribution in [0.15, 0.2) is 42.5 Å². The van der Waals surface area contributed by atoms with Gasteiger partial charge in [-0.2, -0.15) is 0 Å². The number of benzene rings is 2. The van der Waals surface area contributed by atoms with Crippen LogP contribution in [0.3, 0.4) is 0 Å². The molecule has 0 saturated carbocycles. The maximum atomic E-state index is 13.4. The van der Waals surface area contributed by atoms with Gasteiger partial charge in [-0.25, -0.2) is 4.39 Å². The Balaban J connectivity index is 1.67. The van der Waals surface area contributed by atoms with Crippen molar-refractivity contribution in [3.8, 4) is 0 Å². The van der Waals surface area contributed by atoms with Gasteiger partial charge in [-0.15, -0.1) is 0 Å². The summed E-state index contributed by atoms with van der Waals surface area (Å²) in [6.07, 6.45) is 2.27. The third-order valence-electron chi connectivity index (χ3n) is 6.56. The van der Waals surface area contributed by atoms with Crippen LogP contribution in [0.25, 0.3) is 0 Å². The number of halogens is 1. The second-order valence-electron chi connectivity index (χ2n) is 8.27. The zero-order valence-corrected chi connectivity index (χ0v) is 16.0. The molecule has 0 bridgehead atoms. The minimum absolute atomic E-state index is 0.283. The maximum absolute atomic E-state index is 13.4. The normalized spacial score (nSPS) is 27.5. The molecule has 1 aliphatic carbocycles. The summed E-state index contributed by atoms with van der Waals surface area (Å²) in [6, 6.07) is 12.6. The monoisotopic (exact) mass is 369 g/mol. The molecule has 0 aromatic heterocycles. The fourth-order valence-corrected chi connectivity index (χ4v) is 5.02. The molecule has 4 heteroatoms. The van der Waals surface area contributed by atoms with E-state index in [1.807, 2.05) is 19.1 Å². The molecule has 0 spiro atoms. The SMILES string of the molecule is Cc1ccc2c(c1)C(C1CCN(C(C)O)CC1)CC2(O)c1ccc(F)cc1. The van der Waals surface area contributed by atoms with Gasteiger partial charge in [0.2, 0.25) is 0 Å². The Labute approximate surface area is 160 Å². The first-order valence-corrected chi connectivity index (χ1v) is 9.90. The van der Waals surface area contributed by atoms with Gasteiger partial charge in [0.05, 0.1) is 0 Å². The molecule has 0 radical (unpaired) electrons. The van der Waals surface area contributed by atoms with Crippen LogP contribution < -0.4 is 0 Å². The summed E-state index contributed by atoms with van der Waals surface area (Å²) in [5, 5.41) is 21.5. The van der Waals surface area contributed by atoms with Crippen LogP contribution in [-0.2, 0) is 5.60 Å². The zero-order valence-electron chi connectivity index (χ0n) is 16.0. The summed E-state index contributed by atoms with van der Waals surface area (Å²) in [5.74, 6) is 0.479. The number of aryl methyl sites for hydroxylation is 1. The molecular formula is C23H28FNO2. The first-order chi connectivity index (χ1) is 12.9. The summed E-state index contributed by atoms with van der Waals surface area (Å²) in [4.78, 5) is 2.11. The van der Waals surface area contributed by atoms with E-state index < -0.39 is 11.8 Å². The molecule has 3 nitrogen and oxygen atoms in total. The lowest BCUT2D eigenvalue weighted by Gasteiger charge is -2.37. The maximum Gasteiger partial charge on any atom is 0.123 e. The molecular weight excluding hydrogens is 341 g/mol. The summed E-state index contributed by atoms with van der Waals surface area (Å²) in [5.41, 5.74) is 3.09. The quantitative estimate of drug-likeness (QED) is 0.862. The average Bonchev–Trinajstić information content (AvgIpc) is 2.95. The van der Waals surface area contributed by atoms with Gasteiger partial charge in [0.15, 0.2) is 0 Å². The summed E-state index contributed by atoms with van der Waals surface area (Å²) < 4.78 is 13.4. The Hall–Kier alpha value is -1.75. The van der Waals surface area contributed by atoms with Gasteiger partial charge >= 0.3 is 0 Å². The predicted molar refractivity (Wildman–Crippen MR) is 104 cm³/mol. The van der Waals surface area contributed by atoms with Crippen molar-refractivity contribution in [2.75, 3.05) is 13.1 Å². The summed E-state index contributed by atoms with van der Waals surface area (Å²) in [6.45, 7) is 5.68. The third kappa shape index (κ3) is 3.31. The Bertz CT molecular complexity index is 812. The minimum Gasteiger partial charge on any atom is -0.380 e. The van der Waals surface area contributed by atoms with Crippen molar-refractivity contribution < 1.29 is 14.6 Å². The lowest BCUT2D eigenvalue weighted by Crippen LogP contribution is -2.41. The number of aliphatic hydroxyl groups is 2. The number of hydrogen-bond donors (Lipinski definition) is 2. The first-order valence-electron chi connectivity index (χ1n) is 9.90. The lowest BCUT2D eigenvalue weighted by molar-refractivity contribution is -0.00887. The van der Waals surface area contributed by atoms with Crippen LogP contribution in [0.5, 0.6) is 0 Å². The van der Waals surface area contributed by atoms with Gasteiger partial charge < -0.3 is 10.2 Å². The number of rotatable bonds is 3. The highest BCUT2D eigenvalue weighted by Crippen LogP contribution is 2.53. The van der Waals surface area contributed by atoms with Crippen molar-refractivity contribution in [2.24, 2.45) is 5.92 Å². The number of likely N-dealkylation sites (tertiary alicyclic amines) is 1. The van der Waals surface area contributed by atoms with Crippen molar-refractivity contribution in [3.05, 3.63) is 70.5 Å². The number of aliphatic hydroxyl groups excluding tert-OH is 1. The molecule has 2 aliphatic rings. The third-order valence-corrected chi connectivity index (χ3v) is 6.56. The van der Waals surface area contributed by atoms with Crippen LogP contribution in [0.1, 0.15) is 54.4 Å². The van der Waals surface area contributed by atoms with E-state index in [0.29, 0.717) is 12.3 Å². The molecule has 1 heterocycles. The fourth-order valence-electron chi connectivity index (χ4n) is 5.02. The van der Waals surface area contributed by atoms with Crippen molar-refractivity contribution >= 4 is 0 Å². The Morgan fingerprint density at radius 3 is 2.41 bits per heavy atom. The molecule has 27 heavy (non-hydrogen) atoms. The standard InChI is InChI=1S/C23H28FNO2/c1-15-3-8-22-20(13-15)21(17-9-11-25(12-10-17)16(2)26)14-23(22,27)18-4-6-19(24)7-5-18/h3-8,13,16-17,21,26-27H,9-12,14H2,1-2H3. The van der Waals surface area contributed by atoms with Crippen LogP contribution >= 0.6 is 0 Å². The first kappa shape index (κ1) is 18.6. The van der Waals surface area contributed by atoms with Crippen molar-refractivity contribution in [1.29, 1.82) is 0 Å². The molecule has 1 saturated heterocycles. The molecule has 1 fully saturated rings. The van der Waals surface area contributed by atoms with Crippen molar-refractivity contribution in [3.63, 3.8) is 0 Å². The van der Waals surface area contributed by atoms with E-state index in [1.165, 1.54) is 23.3 Å². The molecule has 0 amide bonds. The van der Waals surface area contributed by atoms with Crippen LogP contribution in [0.4, 0.5) is 4.39 Å². The minimum atomic E-state index is -1.07. The van der Waals surface area contributed by atoms with E-state index in [1.54, 1.807) is 12.1 Å². The van der Waals surface area contributed by atoms with Gasteiger partial charge in [0.1, 0.15) is 17.6 Å². The molecule has 4 rings (SSSR count). The second kappa shape index (κ2) is 7.01. The number of piperidine rings is 1. The van der Waals surface area contributed by atoms with Crippen molar-refractivity contribution in [2.45, 2.75) is 50.9 Å². The van der Waals surface area contributed by atoms with E-state index >= 15 is 0 Å². The molecule has 3 unspecified atom stereocenters. The Morgan fingerprint density at radius 1 is 1.11 bits per heavy atom. The highest BCUT2D eigenvalue weighted by atomic mass is 19.1. The molecule has 2 N–H and O–H groups in total. The molecule has 1 aliphatic heterocycles. The predicted octanol–water partition coefficient (Wildman–Crippen LogP) is 3.91. The van der Waals surface area contributed by atoms with Gasteiger partial charge in [-0.1, -0.05) is 35.9 Å². The Kier molecular flexibility index (Phi) is 4.83. The van der Waals surface area contributed by atoms with E-state index in [9.17, 15) is 14.6 Å². The van der Waals surface area contributed by atoms with Crippen LogP contribution in [0.2, 0.25) is 0 Å². The number of fused-ring (bicyclic) bond motifs is 1. The van der Waals surface area contributed by atoms with Gasteiger partial charge in [0, 0.05) is 13.1 Å².